The van der Waals surface area contributed by atoms with Crippen LogP contribution in [0.1, 0.15) is 11.1 Å². The lowest BCUT2D eigenvalue weighted by Gasteiger charge is -2.15. The molecule has 9 nitrogen and oxygen atoms in total. The first-order chi connectivity index (χ1) is 15.0. The third-order valence-electron chi connectivity index (χ3n) is 4.11. The van der Waals surface area contributed by atoms with Crippen LogP contribution in [0.4, 0.5) is 32.2 Å². The molecule has 0 radical (unpaired) electrons. The molecule has 0 amide bonds. The van der Waals surface area contributed by atoms with E-state index in [0.29, 0.717) is 12.4 Å². The number of hydrogen-bond donors (Lipinski definition) is 2. The van der Waals surface area contributed by atoms with E-state index in [1.807, 2.05) is 0 Å². The fraction of sp³-hybridized carbons (Fsp3) is 0.176. The number of nitrogens with zero attached hydrogens (tertiary/aromatic N) is 5. The first-order valence-electron chi connectivity index (χ1n) is 8.60. The van der Waals surface area contributed by atoms with Crippen LogP contribution in [0.5, 0.6) is 11.5 Å². The normalized spacial score (nSPS) is 12.3. The number of benzene rings is 1. The number of fused-ring (bicyclic) bond motifs is 1. The van der Waals surface area contributed by atoms with Crippen LogP contribution in [0.3, 0.4) is 0 Å². The van der Waals surface area contributed by atoms with Crippen molar-refractivity contribution >= 4 is 17.0 Å². The number of nitrogen functional groups attached to an aromatic ring is 1. The highest BCUT2D eigenvalue weighted by atomic mass is 19.4. The molecule has 0 bridgehead atoms. The maximum Gasteiger partial charge on any atom is 0.573 e. The van der Waals surface area contributed by atoms with Gasteiger partial charge >= 0.3 is 12.5 Å². The summed E-state index contributed by atoms with van der Waals surface area (Å²) >= 11 is 0. The first kappa shape index (κ1) is 21.2. The smallest absolute Gasteiger partial charge is 0.486 e. The zero-order valence-electron chi connectivity index (χ0n) is 15.6. The quantitative estimate of drug-likeness (QED) is 0.438. The Labute approximate surface area is 173 Å². The van der Waals surface area contributed by atoms with Crippen LogP contribution in [-0.2, 0) is 12.8 Å². The van der Waals surface area contributed by atoms with E-state index in [2.05, 4.69) is 30.2 Å². The fourth-order valence-electron chi connectivity index (χ4n) is 2.73. The second-order valence-corrected chi connectivity index (χ2v) is 6.34. The van der Waals surface area contributed by atoms with Gasteiger partial charge in [-0.25, -0.2) is 9.67 Å². The summed E-state index contributed by atoms with van der Waals surface area (Å²) in [7, 11) is 0. The predicted octanol–water partition coefficient (Wildman–Crippen LogP) is 3.62. The summed E-state index contributed by atoms with van der Waals surface area (Å²) in [4.78, 5) is 3.91. The molecule has 0 fully saturated rings. The highest BCUT2D eigenvalue weighted by molar-refractivity contribution is 5.78. The third-order valence-corrected chi connectivity index (χ3v) is 4.11. The molecule has 3 N–H and O–H groups in total. The van der Waals surface area contributed by atoms with Crippen molar-refractivity contribution in [2.24, 2.45) is 0 Å². The first-order valence-corrected chi connectivity index (χ1v) is 8.60. The van der Waals surface area contributed by atoms with Crippen LogP contribution < -0.4 is 15.2 Å². The Balaban J connectivity index is 1.65. The summed E-state index contributed by atoms with van der Waals surface area (Å²) in [5.41, 5.74) is 4.78. The maximum absolute atomic E-state index is 12.9. The molecule has 0 aliphatic rings. The van der Waals surface area contributed by atoms with Gasteiger partial charge in [-0.15, -0.1) is 18.3 Å². The number of rotatable bonds is 5. The molecule has 3 aromatic heterocycles. The van der Waals surface area contributed by atoms with E-state index in [1.165, 1.54) is 18.2 Å². The molecule has 0 aliphatic heterocycles. The minimum Gasteiger partial charge on any atom is -0.486 e. The number of H-pyrrole nitrogens is 1. The number of aromatic nitrogens is 6. The number of aromatic amines is 1. The Morgan fingerprint density at radius 2 is 1.81 bits per heavy atom. The Kier molecular flexibility index (Phi) is 5.02. The Hall–Kier alpha value is -4.04. The summed E-state index contributed by atoms with van der Waals surface area (Å²) in [6.07, 6.45) is -8.52. The van der Waals surface area contributed by atoms with E-state index in [0.717, 1.165) is 10.7 Å². The zero-order chi connectivity index (χ0) is 23.1. The van der Waals surface area contributed by atoms with Crippen molar-refractivity contribution in [1.29, 1.82) is 0 Å². The molecule has 4 rings (SSSR count). The standard InChI is InChI=1S/C17H11F6N7O2/c18-16(19,20)9-5-25-30(6-9)10-2-1-8(11(3-10)32-17(21,22)23)7-31-12-4-13(24)26-15-14(12)27-29-28-15/h1-6H,7H2,(H3,24,26,27,28,29). The van der Waals surface area contributed by atoms with Crippen LogP contribution in [0.15, 0.2) is 36.7 Å². The topological polar surface area (TPSA) is 117 Å². The van der Waals surface area contributed by atoms with Crippen molar-refractivity contribution in [3.8, 4) is 17.2 Å². The van der Waals surface area contributed by atoms with Gasteiger partial charge in [0.1, 0.15) is 18.2 Å². The highest BCUT2D eigenvalue weighted by Gasteiger charge is 2.34. The molecule has 0 unspecified atom stereocenters. The second kappa shape index (κ2) is 7.58. The number of nitrogens with two attached hydrogens (primary N) is 1. The summed E-state index contributed by atoms with van der Waals surface area (Å²) in [6, 6.07) is 4.68. The second-order valence-electron chi connectivity index (χ2n) is 6.34. The molecular weight excluding hydrogens is 448 g/mol. The van der Waals surface area contributed by atoms with E-state index in [4.69, 9.17) is 10.5 Å². The fourth-order valence-corrected chi connectivity index (χ4v) is 2.73. The Morgan fingerprint density at radius 3 is 2.50 bits per heavy atom. The lowest BCUT2D eigenvalue weighted by atomic mass is 10.2. The van der Waals surface area contributed by atoms with E-state index < -0.39 is 30.5 Å². The summed E-state index contributed by atoms with van der Waals surface area (Å²) in [6.45, 7) is -0.413. The SMILES string of the molecule is Nc1cc(OCc2ccc(-n3cc(C(F)(F)F)cn3)cc2OC(F)(F)F)c2n[nH]nc2n1. The lowest BCUT2D eigenvalue weighted by molar-refractivity contribution is -0.275. The van der Waals surface area contributed by atoms with Gasteiger partial charge in [-0.1, -0.05) is 0 Å². The number of halogens is 6. The van der Waals surface area contributed by atoms with Gasteiger partial charge < -0.3 is 15.2 Å². The van der Waals surface area contributed by atoms with Gasteiger partial charge in [0.15, 0.2) is 11.3 Å². The van der Waals surface area contributed by atoms with Crippen molar-refractivity contribution in [1.82, 2.24) is 30.2 Å². The minimum absolute atomic E-state index is 0.0441. The van der Waals surface area contributed by atoms with Crippen LogP contribution in [0.2, 0.25) is 0 Å². The van der Waals surface area contributed by atoms with Crippen molar-refractivity contribution in [3.05, 3.63) is 47.8 Å². The molecule has 32 heavy (non-hydrogen) atoms. The number of hydrogen-bond acceptors (Lipinski definition) is 7. The molecule has 1 aromatic carbocycles. The Morgan fingerprint density at radius 1 is 1.03 bits per heavy atom. The van der Waals surface area contributed by atoms with Crippen molar-refractivity contribution in [2.75, 3.05) is 5.73 Å². The van der Waals surface area contributed by atoms with Gasteiger partial charge in [-0.2, -0.15) is 28.6 Å². The third kappa shape index (κ3) is 4.50. The molecular formula is C17H11F6N7O2. The number of nitrogens with one attached hydrogen (secondary N) is 1. The summed E-state index contributed by atoms with van der Waals surface area (Å²) in [5.74, 6) is -0.537. The largest absolute Gasteiger partial charge is 0.573 e. The van der Waals surface area contributed by atoms with Gasteiger partial charge in [0, 0.05) is 23.9 Å². The van der Waals surface area contributed by atoms with Crippen molar-refractivity contribution < 1.29 is 35.8 Å². The van der Waals surface area contributed by atoms with E-state index in [9.17, 15) is 26.3 Å². The molecule has 4 aromatic rings. The van der Waals surface area contributed by atoms with E-state index in [-0.39, 0.29) is 34.0 Å². The number of pyridine rings is 1. The molecule has 3 heterocycles. The average Bonchev–Trinajstić information content (AvgIpc) is 3.34. The van der Waals surface area contributed by atoms with Gasteiger partial charge in [0.05, 0.1) is 17.4 Å². The predicted molar refractivity (Wildman–Crippen MR) is 95.7 cm³/mol. The lowest BCUT2D eigenvalue weighted by Crippen LogP contribution is -2.18. The number of anilines is 1. The van der Waals surface area contributed by atoms with Crippen LogP contribution in [0, 0.1) is 0 Å². The van der Waals surface area contributed by atoms with Crippen LogP contribution >= 0.6 is 0 Å². The van der Waals surface area contributed by atoms with E-state index >= 15 is 0 Å². The molecule has 0 saturated heterocycles. The van der Waals surface area contributed by atoms with Crippen molar-refractivity contribution in [2.45, 2.75) is 19.1 Å². The molecule has 0 aliphatic carbocycles. The highest BCUT2D eigenvalue weighted by Crippen LogP contribution is 2.33. The Bertz CT molecular complexity index is 1260. The number of ether oxygens (including phenoxy) is 2. The molecule has 0 saturated carbocycles. The van der Waals surface area contributed by atoms with Crippen LogP contribution in [-0.4, -0.2) is 36.5 Å². The molecule has 0 spiro atoms. The monoisotopic (exact) mass is 459 g/mol. The maximum atomic E-state index is 12.9. The average molecular weight is 459 g/mol. The van der Waals surface area contributed by atoms with E-state index in [1.54, 1.807) is 0 Å². The van der Waals surface area contributed by atoms with Crippen LogP contribution in [0.25, 0.3) is 16.9 Å². The minimum atomic E-state index is -5.06. The molecule has 0 atom stereocenters. The summed E-state index contributed by atoms with van der Waals surface area (Å²) < 4.78 is 87.5. The van der Waals surface area contributed by atoms with Gasteiger partial charge in [-0.05, 0) is 12.1 Å². The van der Waals surface area contributed by atoms with Crippen molar-refractivity contribution in [3.63, 3.8) is 0 Å². The molecule has 15 heteroatoms. The van der Waals surface area contributed by atoms with Gasteiger partial charge in [-0.3, -0.25) is 0 Å². The molecule has 168 valence electrons. The number of alkyl halides is 6. The van der Waals surface area contributed by atoms with Gasteiger partial charge in [0.2, 0.25) is 5.65 Å². The summed E-state index contributed by atoms with van der Waals surface area (Å²) in [5, 5.41) is 13.5. The zero-order valence-corrected chi connectivity index (χ0v) is 15.6. The van der Waals surface area contributed by atoms with Gasteiger partial charge in [0.25, 0.3) is 0 Å².